The molecule has 0 aliphatic rings. The maximum absolute atomic E-state index is 11.0. The Labute approximate surface area is 94.5 Å². The second-order valence-corrected chi connectivity index (χ2v) is 3.42. The first kappa shape index (κ1) is 11.8. The van der Waals surface area contributed by atoms with Crippen LogP contribution in [0.4, 0.5) is 0 Å². The molecule has 0 saturated carbocycles. The molecule has 3 heteroatoms. The van der Waals surface area contributed by atoms with E-state index in [-0.39, 0.29) is 5.97 Å². The van der Waals surface area contributed by atoms with Crippen LogP contribution >= 0.6 is 11.6 Å². The van der Waals surface area contributed by atoms with Crippen LogP contribution in [0.5, 0.6) is 0 Å². The number of rotatable bonds is 4. The third-order valence-corrected chi connectivity index (χ3v) is 2.06. The quantitative estimate of drug-likeness (QED) is 0.581. The lowest BCUT2D eigenvalue weighted by atomic mass is 10.1. The van der Waals surface area contributed by atoms with Crippen LogP contribution in [0.25, 0.3) is 0 Å². The molecule has 0 aliphatic carbocycles. The third kappa shape index (κ3) is 4.66. The Hall–Kier alpha value is -1.28. The smallest absolute Gasteiger partial charge is 0.330 e. The van der Waals surface area contributed by atoms with Crippen molar-refractivity contribution in [3.8, 4) is 0 Å². The highest BCUT2D eigenvalue weighted by Gasteiger charge is 1.93. The van der Waals surface area contributed by atoms with Crippen molar-refractivity contribution in [2.75, 3.05) is 6.61 Å². The van der Waals surface area contributed by atoms with Gasteiger partial charge in [0.2, 0.25) is 0 Å². The fourth-order valence-electron chi connectivity index (χ4n) is 1.10. The lowest BCUT2D eigenvalue weighted by Crippen LogP contribution is -1.98. The van der Waals surface area contributed by atoms with Crippen LogP contribution in [0.3, 0.4) is 0 Å². The molecule has 0 fully saturated rings. The minimum atomic E-state index is -0.300. The SMILES string of the molecule is CCOC(=O)/C=C\Cc1ccc(Cl)cc1. The summed E-state index contributed by atoms with van der Waals surface area (Å²) in [4.78, 5) is 11.0. The predicted molar refractivity (Wildman–Crippen MR) is 60.9 cm³/mol. The minimum absolute atomic E-state index is 0.300. The van der Waals surface area contributed by atoms with Crippen LogP contribution in [0.15, 0.2) is 36.4 Å². The minimum Gasteiger partial charge on any atom is -0.463 e. The van der Waals surface area contributed by atoms with E-state index < -0.39 is 0 Å². The lowest BCUT2D eigenvalue weighted by molar-refractivity contribution is -0.137. The molecule has 1 aromatic carbocycles. The average molecular weight is 225 g/mol. The van der Waals surface area contributed by atoms with Crippen molar-refractivity contribution in [3.63, 3.8) is 0 Å². The molecule has 0 spiro atoms. The number of hydrogen-bond acceptors (Lipinski definition) is 2. The molecule has 0 bridgehead atoms. The van der Waals surface area contributed by atoms with Gasteiger partial charge in [0.25, 0.3) is 0 Å². The zero-order chi connectivity index (χ0) is 11.1. The zero-order valence-electron chi connectivity index (χ0n) is 8.57. The van der Waals surface area contributed by atoms with Gasteiger partial charge in [-0.15, -0.1) is 0 Å². The highest BCUT2D eigenvalue weighted by atomic mass is 35.5. The van der Waals surface area contributed by atoms with E-state index in [9.17, 15) is 4.79 Å². The summed E-state index contributed by atoms with van der Waals surface area (Å²) >= 11 is 5.75. The van der Waals surface area contributed by atoms with Crippen LogP contribution in [0.2, 0.25) is 5.02 Å². The monoisotopic (exact) mass is 224 g/mol. The molecule has 15 heavy (non-hydrogen) atoms. The van der Waals surface area contributed by atoms with Gasteiger partial charge >= 0.3 is 5.97 Å². The number of halogens is 1. The molecular weight excluding hydrogens is 212 g/mol. The highest BCUT2D eigenvalue weighted by molar-refractivity contribution is 6.30. The van der Waals surface area contributed by atoms with Crippen molar-refractivity contribution in [3.05, 3.63) is 47.0 Å². The zero-order valence-corrected chi connectivity index (χ0v) is 9.33. The molecule has 0 saturated heterocycles. The van der Waals surface area contributed by atoms with E-state index in [4.69, 9.17) is 16.3 Å². The molecule has 1 rings (SSSR count). The number of ether oxygens (including phenoxy) is 1. The van der Waals surface area contributed by atoms with Gasteiger partial charge in [-0.05, 0) is 31.0 Å². The molecule has 0 aliphatic heterocycles. The summed E-state index contributed by atoms with van der Waals surface area (Å²) in [6.45, 7) is 2.19. The maximum Gasteiger partial charge on any atom is 0.330 e. The van der Waals surface area contributed by atoms with Crippen molar-refractivity contribution in [2.45, 2.75) is 13.3 Å². The van der Waals surface area contributed by atoms with Gasteiger partial charge in [-0.1, -0.05) is 29.8 Å². The van der Waals surface area contributed by atoms with Crippen LogP contribution in [0.1, 0.15) is 12.5 Å². The molecule has 0 heterocycles. The summed E-state index contributed by atoms with van der Waals surface area (Å²) in [5.74, 6) is -0.300. The number of carbonyl (C=O) groups is 1. The summed E-state index contributed by atoms with van der Waals surface area (Å²) in [5.41, 5.74) is 1.11. The highest BCUT2D eigenvalue weighted by Crippen LogP contribution is 2.10. The van der Waals surface area contributed by atoms with Crippen LogP contribution < -0.4 is 0 Å². The second kappa shape index (κ2) is 6.25. The number of carbonyl (C=O) groups excluding carboxylic acids is 1. The van der Waals surface area contributed by atoms with E-state index in [0.29, 0.717) is 18.1 Å². The Bertz CT molecular complexity index is 341. The van der Waals surface area contributed by atoms with Crippen LogP contribution in [-0.4, -0.2) is 12.6 Å². The molecule has 2 nitrogen and oxygen atoms in total. The van der Waals surface area contributed by atoms with Crippen molar-refractivity contribution in [1.82, 2.24) is 0 Å². The van der Waals surface area contributed by atoms with Gasteiger partial charge in [0, 0.05) is 11.1 Å². The second-order valence-electron chi connectivity index (χ2n) is 2.99. The maximum atomic E-state index is 11.0. The van der Waals surface area contributed by atoms with Gasteiger partial charge in [-0.3, -0.25) is 0 Å². The largest absolute Gasteiger partial charge is 0.463 e. The number of benzene rings is 1. The fourth-order valence-corrected chi connectivity index (χ4v) is 1.23. The van der Waals surface area contributed by atoms with Crippen molar-refractivity contribution in [2.24, 2.45) is 0 Å². The summed E-state index contributed by atoms with van der Waals surface area (Å²) < 4.78 is 4.75. The molecule has 0 unspecified atom stereocenters. The van der Waals surface area contributed by atoms with E-state index >= 15 is 0 Å². The topological polar surface area (TPSA) is 26.3 Å². The molecule has 0 radical (unpaired) electrons. The van der Waals surface area contributed by atoms with Gasteiger partial charge < -0.3 is 4.74 Å². The average Bonchev–Trinajstić information content (AvgIpc) is 2.21. The number of allylic oxidation sites excluding steroid dienone is 1. The predicted octanol–water partition coefficient (Wildman–Crippen LogP) is 3.00. The normalized spacial score (nSPS) is 10.5. The van der Waals surface area contributed by atoms with E-state index in [1.807, 2.05) is 24.3 Å². The van der Waals surface area contributed by atoms with Gasteiger partial charge in [-0.2, -0.15) is 0 Å². The molecule has 0 aromatic heterocycles. The molecule has 0 atom stereocenters. The first-order valence-electron chi connectivity index (χ1n) is 4.80. The number of esters is 1. The van der Waals surface area contributed by atoms with E-state index in [0.717, 1.165) is 5.56 Å². The van der Waals surface area contributed by atoms with Crippen LogP contribution in [-0.2, 0) is 16.0 Å². The van der Waals surface area contributed by atoms with Crippen molar-refractivity contribution >= 4 is 17.6 Å². The van der Waals surface area contributed by atoms with Crippen molar-refractivity contribution in [1.29, 1.82) is 0 Å². The van der Waals surface area contributed by atoms with E-state index in [2.05, 4.69) is 0 Å². The Balaban J connectivity index is 2.43. The third-order valence-electron chi connectivity index (χ3n) is 1.81. The Morgan fingerprint density at radius 2 is 2.07 bits per heavy atom. The van der Waals surface area contributed by atoms with Gasteiger partial charge in [-0.25, -0.2) is 4.79 Å². The number of hydrogen-bond donors (Lipinski definition) is 0. The van der Waals surface area contributed by atoms with Gasteiger partial charge in [0.1, 0.15) is 0 Å². The fraction of sp³-hybridized carbons (Fsp3) is 0.250. The summed E-state index contributed by atoms with van der Waals surface area (Å²) in [6, 6.07) is 7.51. The summed E-state index contributed by atoms with van der Waals surface area (Å²) in [6.07, 6.45) is 3.93. The molecule has 0 amide bonds. The molecular formula is C12H13ClO2. The molecule has 1 aromatic rings. The summed E-state index contributed by atoms with van der Waals surface area (Å²) in [7, 11) is 0. The Kier molecular flexibility index (Phi) is 4.91. The van der Waals surface area contributed by atoms with Crippen LogP contribution in [0, 0.1) is 0 Å². The Morgan fingerprint density at radius 1 is 1.40 bits per heavy atom. The van der Waals surface area contributed by atoms with Crippen molar-refractivity contribution < 1.29 is 9.53 Å². The molecule has 0 N–H and O–H groups in total. The summed E-state index contributed by atoms with van der Waals surface area (Å²) in [5, 5.41) is 0.716. The van der Waals surface area contributed by atoms with Gasteiger partial charge in [0.05, 0.1) is 6.61 Å². The first-order chi connectivity index (χ1) is 7.22. The molecule has 80 valence electrons. The Morgan fingerprint density at radius 3 is 2.67 bits per heavy atom. The lowest BCUT2D eigenvalue weighted by Gasteiger charge is -1.97. The van der Waals surface area contributed by atoms with Gasteiger partial charge in [0.15, 0.2) is 0 Å². The van der Waals surface area contributed by atoms with E-state index in [1.165, 1.54) is 6.08 Å². The first-order valence-corrected chi connectivity index (χ1v) is 5.18. The van der Waals surface area contributed by atoms with E-state index in [1.54, 1.807) is 13.0 Å². The standard InChI is InChI=1S/C12H13ClO2/c1-2-15-12(14)5-3-4-10-6-8-11(13)9-7-10/h3,5-9H,2,4H2,1H3/b5-3-.